The average Bonchev–Trinajstić information content (AvgIpc) is 3.15. The molecule has 1 atom stereocenters. The lowest BCUT2D eigenvalue weighted by Crippen LogP contribution is -2.44. The molecule has 6 heteroatoms. The molecule has 2 aromatic rings. The van der Waals surface area contributed by atoms with E-state index in [0.29, 0.717) is 18.5 Å². The number of carbonyl (C=O) groups is 1. The highest BCUT2D eigenvalue weighted by molar-refractivity contribution is 5.67. The Morgan fingerprint density at radius 1 is 1.36 bits per heavy atom. The Hall–Kier alpha value is -2.34. The number of carbonyl (C=O) groups excluding carboxylic acids is 1. The summed E-state index contributed by atoms with van der Waals surface area (Å²) in [7, 11) is 1.44. The monoisotopic (exact) mass is 342 g/mol. The molecule has 6 nitrogen and oxygen atoms in total. The quantitative estimate of drug-likeness (QED) is 0.876. The van der Waals surface area contributed by atoms with Crippen molar-refractivity contribution in [1.29, 1.82) is 0 Å². The van der Waals surface area contributed by atoms with E-state index in [9.17, 15) is 4.79 Å². The number of likely N-dealkylation sites (tertiary alicyclic amines) is 1. The molecule has 3 rings (SSSR count). The molecule has 1 aliphatic rings. The Balaban J connectivity index is 1.48. The maximum absolute atomic E-state index is 11.5. The van der Waals surface area contributed by atoms with Gasteiger partial charge in [0.1, 0.15) is 5.82 Å². The summed E-state index contributed by atoms with van der Waals surface area (Å²) >= 11 is 0. The van der Waals surface area contributed by atoms with Gasteiger partial charge in [-0.2, -0.15) is 0 Å². The zero-order valence-corrected chi connectivity index (χ0v) is 14.9. The third-order valence-corrected chi connectivity index (χ3v) is 4.98. The maximum atomic E-state index is 11.5. The number of methoxy groups -OCH3 is 1. The number of nitrogens with zero attached hydrogens (tertiary/aromatic N) is 2. The molecule has 134 valence electrons. The maximum Gasteiger partial charge on any atom is 0.409 e. The fraction of sp³-hybridized carbons (Fsp3) is 0.474. The van der Waals surface area contributed by atoms with Crippen LogP contribution < -0.4 is 5.32 Å². The average molecular weight is 342 g/mol. The number of hydrogen-bond donors (Lipinski definition) is 2. The van der Waals surface area contributed by atoms with E-state index in [1.807, 2.05) is 24.4 Å². The molecular weight excluding hydrogens is 316 g/mol. The van der Waals surface area contributed by atoms with Gasteiger partial charge >= 0.3 is 6.09 Å². The van der Waals surface area contributed by atoms with Crippen LogP contribution in [-0.2, 0) is 11.3 Å². The Bertz CT molecular complexity index is 678. The molecule has 1 aromatic heterocycles. The second kappa shape index (κ2) is 8.16. The summed E-state index contributed by atoms with van der Waals surface area (Å²) in [5, 5.41) is 3.56. The highest BCUT2D eigenvalue weighted by atomic mass is 16.5. The van der Waals surface area contributed by atoms with E-state index < -0.39 is 0 Å². The summed E-state index contributed by atoms with van der Waals surface area (Å²) in [5.41, 5.74) is 2.18. The second-order valence-corrected chi connectivity index (χ2v) is 6.57. The number of amides is 1. The lowest BCUT2D eigenvalue weighted by Gasteiger charge is -2.34. The Morgan fingerprint density at radius 3 is 2.76 bits per heavy atom. The first-order valence-corrected chi connectivity index (χ1v) is 8.83. The van der Waals surface area contributed by atoms with Gasteiger partial charge < -0.3 is 19.9 Å². The summed E-state index contributed by atoms with van der Waals surface area (Å²) in [6, 6.07) is 10.6. The molecule has 2 N–H and O–H groups in total. The molecule has 25 heavy (non-hydrogen) atoms. The van der Waals surface area contributed by atoms with Crippen LogP contribution in [-0.4, -0.2) is 47.2 Å². The minimum Gasteiger partial charge on any atom is -0.453 e. The predicted molar refractivity (Wildman–Crippen MR) is 97.0 cm³/mol. The minimum atomic E-state index is -0.219. The van der Waals surface area contributed by atoms with Crippen LogP contribution in [0.3, 0.4) is 0 Å². The van der Waals surface area contributed by atoms with Crippen molar-refractivity contribution in [2.45, 2.75) is 32.4 Å². The van der Waals surface area contributed by atoms with Crippen LogP contribution in [0.4, 0.5) is 4.79 Å². The van der Waals surface area contributed by atoms with Gasteiger partial charge in [-0.05, 0) is 31.2 Å². The first-order chi connectivity index (χ1) is 12.2. The van der Waals surface area contributed by atoms with Gasteiger partial charge in [-0.3, -0.25) is 0 Å². The summed E-state index contributed by atoms with van der Waals surface area (Å²) < 4.78 is 4.79. The van der Waals surface area contributed by atoms with Gasteiger partial charge in [0.05, 0.1) is 25.5 Å². The van der Waals surface area contributed by atoms with Crippen LogP contribution >= 0.6 is 0 Å². The first-order valence-electron chi connectivity index (χ1n) is 8.83. The van der Waals surface area contributed by atoms with Gasteiger partial charge in [-0.15, -0.1) is 0 Å². The zero-order valence-electron chi connectivity index (χ0n) is 14.9. The topological polar surface area (TPSA) is 70.2 Å². The molecular formula is C19H26N4O2. The van der Waals surface area contributed by atoms with Gasteiger partial charge in [0.15, 0.2) is 0 Å². The van der Waals surface area contributed by atoms with E-state index in [4.69, 9.17) is 4.74 Å². The molecule has 0 unspecified atom stereocenters. The lowest BCUT2D eigenvalue weighted by molar-refractivity contribution is 0.101. The molecule has 1 saturated heterocycles. The van der Waals surface area contributed by atoms with Crippen molar-refractivity contribution in [3.05, 3.63) is 42.4 Å². The number of piperidine rings is 1. The lowest BCUT2D eigenvalue weighted by atomic mass is 9.90. The summed E-state index contributed by atoms with van der Waals surface area (Å²) in [6.45, 7) is 4.45. The number of hydrogen-bond acceptors (Lipinski definition) is 4. The van der Waals surface area contributed by atoms with E-state index >= 15 is 0 Å². The van der Waals surface area contributed by atoms with E-state index in [1.165, 1.54) is 7.11 Å². The number of H-pyrrole nitrogens is 1. The fourth-order valence-corrected chi connectivity index (χ4v) is 3.35. The van der Waals surface area contributed by atoms with Crippen molar-refractivity contribution in [1.82, 2.24) is 20.2 Å². The largest absolute Gasteiger partial charge is 0.453 e. The first kappa shape index (κ1) is 17.5. The smallest absolute Gasteiger partial charge is 0.409 e. The predicted octanol–water partition coefficient (Wildman–Crippen LogP) is 3.03. The number of nitrogens with one attached hydrogen (secondary N) is 2. The SMILES string of the molecule is COC(=O)N1CCC([C@@H](C)NCc2ncc(-c3ccccc3)[nH]2)CC1. The van der Waals surface area contributed by atoms with Crippen LogP contribution in [0.5, 0.6) is 0 Å². The zero-order chi connectivity index (χ0) is 17.6. The van der Waals surface area contributed by atoms with E-state index in [2.05, 4.69) is 34.3 Å². The molecule has 1 aromatic carbocycles. The standard InChI is InChI=1S/C19H26N4O2/c1-14(15-8-10-23(11-9-15)19(24)25-2)20-13-18-21-12-17(22-18)16-6-4-3-5-7-16/h3-7,12,14-15,20H,8-11,13H2,1-2H3,(H,21,22)/t14-/m1/s1. The molecule has 1 fully saturated rings. The van der Waals surface area contributed by atoms with E-state index in [1.54, 1.807) is 4.90 Å². The van der Waals surface area contributed by atoms with Gasteiger partial charge in [-0.25, -0.2) is 9.78 Å². The number of aromatic nitrogens is 2. The highest BCUT2D eigenvalue weighted by Crippen LogP contribution is 2.21. The highest BCUT2D eigenvalue weighted by Gasteiger charge is 2.26. The van der Waals surface area contributed by atoms with Crippen molar-refractivity contribution in [3.63, 3.8) is 0 Å². The van der Waals surface area contributed by atoms with Gasteiger partial charge in [-0.1, -0.05) is 30.3 Å². The van der Waals surface area contributed by atoms with Crippen LogP contribution in [0.15, 0.2) is 36.5 Å². The Labute approximate surface area is 148 Å². The van der Waals surface area contributed by atoms with E-state index in [-0.39, 0.29) is 6.09 Å². The van der Waals surface area contributed by atoms with Crippen molar-refractivity contribution in [2.75, 3.05) is 20.2 Å². The van der Waals surface area contributed by atoms with Crippen LogP contribution in [0.1, 0.15) is 25.6 Å². The molecule has 0 saturated carbocycles. The second-order valence-electron chi connectivity index (χ2n) is 6.57. The molecule has 1 amide bonds. The van der Waals surface area contributed by atoms with Crippen molar-refractivity contribution < 1.29 is 9.53 Å². The number of ether oxygens (including phenoxy) is 1. The number of rotatable bonds is 5. The molecule has 0 spiro atoms. The Kier molecular flexibility index (Phi) is 5.71. The van der Waals surface area contributed by atoms with Crippen molar-refractivity contribution >= 4 is 6.09 Å². The van der Waals surface area contributed by atoms with Crippen LogP contribution in [0.2, 0.25) is 0 Å². The molecule has 0 radical (unpaired) electrons. The fourth-order valence-electron chi connectivity index (χ4n) is 3.35. The molecule has 0 bridgehead atoms. The summed E-state index contributed by atoms with van der Waals surface area (Å²) in [5.74, 6) is 1.50. The third-order valence-electron chi connectivity index (χ3n) is 4.98. The van der Waals surface area contributed by atoms with Crippen molar-refractivity contribution in [3.8, 4) is 11.3 Å². The Morgan fingerprint density at radius 2 is 2.08 bits per heavy atom. The van der Waals surface area contributed by atoms with Crippen LogP contribution in [0.25, 0.3) is 11.3 Å². The third kappa shape index (κ3) is 4.39. The summed E-state index contributed by atoms with van der Waals surface area (Å²) in [4.78, 5) is 21.2. The van der Waals surface area contributed by atoms with Gasteiger partial charge in [0.2, 0.25) is 0 Å². The van der Waals surface area contributed by atoms with Gasteiger partial charge in [0, 0.05) is 19.1 Å². The summed E-state index contributed by atoms with van der Waals surface area (Å²) in [6.07, 6.45) is 3.65. The normalized spacial score (nSPS) is 16.6. The van der Waals surface area contributed by atoms with Crippen molar-refractivity contribution in [2.24, 2.45) is 5.92 Å². The number of benzene rings is 1. The minimum absolute atomic E-state index is 0.219. The van der Waals surface area contributed by atoms with E-state index in [0.717, 1.165) is 43.0 Å². The number of aromatic amines is 1. The van der Waals surface area contributed by atoms with Gasteiger partial charge in [0.25, 0.3) is 0 Å². The number of imidazole rings is 1. The molecule has 1 aliphatic heterocycles. The molecule has 0 aliphatic carbocycles. The molecule has 2 heterocycles. The van der Waals surface area contributed by atoms with Crippen LogP contribution in [0, 0.1) is 5.92 Å².